The lowest BCUT2D eigenvalue weighted by Crippen LogP contribution is -2.58. The van der Waals surface area contributed by atoms with Crippen LogP contribution in [-0.4, -0.2) is 74.4 Å². The van der Waals surface area contributed by atoms with Crippen LogP contribution in [0.4, 0.5) is 0 Å². The number of carbonyl (C=O) groups excluding carboxylic acids is 3. The number of para-hydroxylation sites is 2. The highest BCUT2D eigenvalue weighted by molar-refractivity contribution is 5.95. The molecular weight excluding hydrogens is 560 g/mol. The number of H-pyrrole nitrogens is 2. The molecule has 4 atom stereocenters. The summed E-state index contributed by atoms with van der Waals surface area (Å²) in [6, 6.07) is 11.6. The van der Waals surface area contributed by atoms with Crippen LogP contribution in [0, 0.1) is 5.92 Å². The number of nitrogens with zero attached hydrogens (tertiary/aromatic N) is 1. The van der Waals surface area contributed by atoms with E-state index in [9.17, 15) is 24.3 Å². The van der Waals surface area contributed by atoms with Crippen molar-refractivity contribution in [2.45, 2.75) is 70.1 Å². The highest BCUT2D eigenvalue weighted by Gasteiger charge is 2.38. The number of rotatable bonds is 12. The molecule has 11 heteroatoms. The van der Waals surface area contributed by atoms with Crippen molar-refractivity contribution in [1.29, 1.82) is 0 Å². The van der Waals surface area contributed by atoms with Gasteiger partial charge in [-0.3, -0.25) is 14.4 Å². The average Bonchev–Trinajstić information content (AvgIpc) is 3.75. The van der Waals surface area contributed by atoms with Crippen LogP contribution in [0.1, 0.15) is 44.2 Å². The van der Waals surface area contributed by atoms with Gasteiger partial charge in [-0.05, 0) is 54.9 Å². The molecule has 1 fully saturated rings. The molecule has 0 aliphatic carbocycles. The van der Waals surface area contributed by atoms with Crippen molar-refractivity contribution in [1.82, 2.24) is 25.5 Å². The summed E-state index contributed by atoms with van der Waals surface area (Å²) in [5.41, 5.74) is 9.92. The third-order valence-electron chi connectivity index (χ3n) is 8.33. The van der Waals surface area contributed by atoms with Crippen LogP contribution >= 0.6 is 0 Å². The summed E-state index contributed by atoms with van der Waals surface area (Å²) in [6.45, 7) is 4.18. The van der Waals surface area contributed by atoms with Crippen molar-refractivity contribution in [3.63, 3.8) is 0 Å². The monoisotopic (exact) mass is 600 g/mol. The first-order valence-corrected chi connectivity index (χ1v) is 15.1. The largest absolute Gasteiger partial charge is 0.480 e. The van der Waals surface area contributed by atoms with E-state index < -0.39 is 47.9 Å². The van der Waals surface area contributed by atoms with Gasteiger partial charge in [-0.2, -0.15) is 0 Å². The summed E-state index contributed by atoms with van der Waals surface area (Å²) >= 11 is 0. The van der Waals surface area contributed by atoms with E-state index in [4.69, 9.17) is 5.73 Å². The maximum Gasteiger partial charge on any atom is 0.326 e. The number of hydrogen-bond donors (Lipinski definition) is 6. The zero-order valence-corrected chi connectivity index (χ0v) is 25.0. The lowest BCUT2D eigenvalue weighted by molar-refractivity contribution is -0.149. The highest BCUT2D eigenvalue weighted by Crippen LogP contribution is 2.23. The Morgan fingerprint density at radius 1 is 0.886 bits per heavy atom. The minimum Gasteiger partial charge on any atom is -0.480 e. The first-order valence-electron chi connectivity index (χ1n) is 15.1. The summed E-state index contributed by atoms with van der Waals surface area (Å²) in [4.78, 5) is 60.5. The van der Waals surface area contributed by atoms with Crippen molar-refractivity contribution in [2.75, 3.05) is 6.54 Å². The molecule has 3 heterocycles. The Kier molecular flexibility index (Phi) is 9.34. The topological polar surface area (TPSA) is 173 Å². The number of likely N-dealkylation sites (tertiary alicyclic amines) is 1. The van der Waals surface area contributed by atoms with E-state index in [-0.39, 0.29) is 18.8 Å². The van der Waals surface area contributed by atoms with Crippen molar-refractivity contribution >= 4 is 45.5 Å². The molecule has 44 heavy (non-hydrogen) atoms. The molecule has 4 aromatic rings. The molecule has 5 rings (SSSR count). The fourth-order valence-corrected chi connectivity index (χ4v) is 6.09. The average molecular weight is 601 g/mol. The quantitative estimate of drug-likeness (QED) is 0.146. The Hall–Kier alpha value is -4.64. The Morgan fingerprint density at radius 3 is 2.05 bits per heavy atom. The zero-order chi connectivity index (χ0) is 31.4. The van der Waals surface area contributed by atoms with Crippen molar-refractivity contribution in [3.05, 3.63) is 72.1 Å². The molecule has 0 radical (unpaired) electrons. The number of aromatic amines is 2. The van der Waals surface area contributed by atoms with Gasteiger partial charge in [0.15, 0.2) is 0 Å². The number of hydrogen-bond acceptors (Lipinski definition) is 5. The van der Waals surface area contributed by atoms with Gasteiger partial charge < -0.3 is 36.3 Å². The molecule has 3 amide bonds. The number of benzene rings is 2. The molecule has 7 N–H and O–H groups in total. The van der Waals surface area contributed by atoms with Gasteiger partial charge in [0, 0.05) is 47.2 Å². The fraction of sp³-hybridized carbons (Fsp3) is 0.394. The molecule has 0 saturated carbocycles. The van der Waals surface area contributed by atoms with Crippen LogP contribution in [-0.2, 0) is 32.0 Å². The number of aromatic nitrogens is 2. The molecule has 0 spiro atoms. The van der Waals surface area contributed by atoms with E-state index in [0.29, 0.717) is 25.8 Å². The molecule has 2 aromatic carbocycles. The van der Waals surface area contributed by atoms with Gasteiger partial charge in [0.2, 0.25) is 17.7 Å². The first kappa shape index (κ1) is 30.8. The number of carbonyl (C=O) groups is 4. The van der Waals surface area contributed by atoms with Crippen molar-refractivity contribution in [2.24, 2.45) is 11.7 Å². The maximum absolute atomic E-state index is 13.9. The Balaban J connectivity index is 1.37. The van der Waals surface area contributed by atoms with E-state index in [1.807, 2.05) is 68.6 Å². The van der Waals surface area contributed by atoms with Gasteiger partial charge in [0.25, 0.3) is 0 Å². The second kappa shape index (κ2) is 13.3. The van der Waals surface area contributed by atoms with Crippen LogP contribution in [0.5, 0.6) is 0 Å². The summed E-state index contributed by atoms with van der Waals surface area (Å²) in [5.74, 6) is -2.47. The lowest BCUT2D eigenvalue weighted by atomic mass is 9.99. The van der Waals surface area contributed by atoms with E-state index in [0.717, 1.165) is 32.9 Å². The van der Waals surface area contributed by atoms with Crippen LogP contribution in [0.25, 0.3) is 21.8 Å². The lowest BCUT2D eigenvalue weighted by Gasteiger charge is -2.29. The zero-order valence-electron chi connectivity index (χ0n) is 25.0. The smallest absolute Gasteiger partial charge is 0.326 e. The predicted octanol–water partition coefficient (Wildman–Crippen LogP) is 2.85. The van der Waals surface area contributed by atoms with E-state index in [1.54, 1.807) is 6.20 Å². The van der Waals surface area contributed by atoms with Crippen LogP contribution in [0.3, 0.4) is 0 Å². The van der Waals surface area contributed by atoms with E-state index in [2.05, 4.69) is 20.6 Å². The summed E-state index contributed by atoms with van der Waals surface area (Å²) in [6.07, 6.45) is 5.33. The summed E-state index contributed by atoms with van der Waals surface area (Å²) in [5, 5.41) is 17.3. The van der Waals surface area contributed by atoms with Crippen LogP contribution in [0.15, 0.2) is 60.9 Å². The summed E-state index contributed by atoms with van der Waals surface area (Å²) in [7, 11) is 0. The van der Waals surface area contributed by atoms with Gasteiger partial charge in [-0.15, -0.1) is 0 Å². The number of fused-ring (bicyclic) bond motifs is 2. The normalized spacial score (nSPS) is 17.1. The van der Waals surface area contributed by atoms with Gasteiger partial charge in [0.1, 0.15) is 18.1 Å². The van der Waals surface area contributed by atoms with Crippen molar-refractivity contribution < 1.29 is 24.3 Å². The summed E-state index contributed by atoms with van der Waals surface area (Å²) < 4.78 is 0. The third-order valence-corrected chi connectivity index (χ3v) is 8.33. The molecule has 1 saturated heterocycles. The Morgan fingerprint density at radius 2 is 1.45 bits per heavy atom. The van der Waals surface area contributed by atoms with Gasteiger partial charge >= 0.3 is 5.97 Å². The van der Waals surface area contributed by atoms with Gasteiger partial charge in [-0.25, -0.2) is 4.79 Å². The highest BCUT2D eigenvalue weighted by atomic mass is 16.4. The van der Waals surface area contributed by atoms with E-state index in [1.165, 1.54) is 4.90 Å². The SMILES string of the molecule is CC(C)CC(NC(=O)C(Cc1c[nH]c2ccccc12)NC(=O)C(N)Cc1c[nH]c2ccccc12)C(=O)N1CCCC1C(=O)O. The fourth-order valence-electron chi connectivity index (χ4n) is 6.09. The maximum atomic E-state index is 13.9. The third kappa shape index (κ3) is 6.78. The Bertz CT molecular complexity index is 1660. The molecule has 11 nitrogen and oxygen atoms in total. The molecule has 0 bridgehead atoms. The van der Waals surface area contributed by atoms with E-state index >= 15 is 0 Å². The molecule has 2 aromatic heterocycles. The number of nitrogens with one attached hydrogen (secondary N) is 4. The molecule has 1 aliphatic rings. The Labute approximate surface area is 255 Å². The predicted molar refractivity (Wildman–Crippen MR) is 168 cm³/mol. The minimum atomic E-state index is -1.06. The molecule has 232 valence electrons. The number of nitrogens with two attached hydrogens (primary N) is 1. The van der Waals surface area contributed by atoms with Gasteiger partial charge in [-0.1, -0.05) is 50.2 Å². The number of carboxylic acid groups (broad SMARTS) is 1. The standard InChI is InChI=1S/C33H40N6O5/c1-19(2)14-28(32(42)39-13-7-12-29(39)33(43)44)38-31(41)27(16-21-18-36-26-11-6-4-9-23(21)26)37-30(40)24(34)15-20-17-35-25-10-5-3-8-22(20)25/h3-6,8-11,17-19,24,27-29,35-36H,7,12-16,34H2,1-2H3,(H,37,40)(H,38,41)(H,43,44). The van der Waals surface area contributed by atoms with Crippen LogP contribution in [0.2, 0.25) is 0 Å². The number of carboxylic acids is 1. The van der Waals surface area contributed by atoms with Crippen molar-refractivity contribution in [3.8, 4) is 0 Å². The molecular formula is C33H40N6O5. The second-order valence-electron chi connectivity index (χ2n) is 12.0. The minimum absolute atomic E-state index is 0.0429. The van der Waals surface area contributed by atoms with Crippen LogP contribution < -0.4 is 16.4 Å². The molecule has 1 aliphatic heterocycles. The molecule has 4 unspecified atom stereocenters. The second-order valence-corrected chi connectivity index (χ2v) is 12.0. The first-order chi connectivity index (χ1) is 21.1. The number of aliphatic carboxylic acids is 1. The number of amides is 3. The van der Waals surface area contributed by atoms with Gasteiger partial charge in [0.05, 0.1) is 6.04 Å².